The summed E-state index contributed by atoms with van der Waals surface area (Å²) in [4.78, 5) is 44.4. The molecule has 1 aliphatic heterocycles. The molecule has 10 nitrogen and oxygen atoms in total. The lowest BCUT2D eigenvalue weighted by molar-refractivity contribution is -0.180. The van der Waals surface area contributed by atoms with Gasteiger partial charge in [-0.15, -0.1) is 5.48 Å². The molecule has 1 heterocycles. The van der Waals surface area contributed by atoms with Gasteiger partial charge < -0.3 is 24.9 Å². The fourth-order valence-corrected chi connectivity index (χ4v) is 7.14. The van der Waals surface area contributed by atoms with Crippen molar-refractivity contribution in [2.24, 2.45) is 17.3 Å². The van der Waals surface area contributed by atoms with Crippen LogP contribution in [0.3, 0.4) is 0 Å². The van der Waals surface area contributed by atoms with Gasteiger partial charge in [-0.1, -0.05) is 0 Å². The van der Waals surface area contributed by atoms with Crippen LogP contribution in [0.2, 0.25) is 0 Å². The molecule has 10 heteroatoms. The van der Waals surface area contributed by atoms with Crippen LogP contribution in [-0.4, -0.2) is 63.8 Å². The Bertz CT molecular complexity index is 879. The molecule has 188 valence electrons. The van der Waals surface area contributed by atoms with Crippen LogP contribution >= 0.6 is 0 Å². The summed E-state index contributed by atoms with van der Waals surface area (Å²) in [6, 6.07) is 0.147. The van der Waals surface area contributed by atoms with Gasteiger partial charge >= 0.3 is 12.1 Å². The highest BCUT2D eigenvalue weighted by molar-refractivity contribution is 5.87. The number of nitrogens with one attached hydrogen (secondary N) is 2. The predicted octanol–water partition coefficient (Wildman–Crippen LogP) is 1.77. The van der Waals surface area contributed by atoms with E-state index in [1.165, 1.54) is 11.8 Å². The monoisotopic (exact) mass is 476 g/mol. The molecule has 2 unspecified atom stereocenters. The predicted molar refractivity (Wildman–Crippen MR) is 120 cm³/mol. The summed E-state index contributed by atoms with van der Waals surface area (Å²) < 4.78 is 5.49. The molecule has 5 fully saturated rings. The zero-order valence-corrected chi connectivity index (χ0v) is 20.4. The van der Waals surface area contributed by atoms with Crippen LogP contribution in [-0.2, 0) is 19.2 Å². The number of likely N-dealkylation sites (tertiary alicyclic amines) is 1. The van der Waals surface area contributed by atoms with E-state index in [4.69, 9.17) is 9.57 Å². The van der Waals surface area contributed by atoms with Crippen molar-refractivity contribution in [2.45, 2.75) is 102 Å². The lowest BCUT2D eigenvalue weighted by Crippen LogP contribution is -2.66. The Morgan fingerprint density at radius 2 is 1.79 bits per heavy atom. The van der Waals surface area contributed by atoms with E-state index >= 15 is 0 Å². The third-order valence-electron chi connectivity index (χ3n) is 7.70. The van der Waals surface area contributed by atoms with Gasteiger partial charge in [0.05, 0.1) is 17.7 Å². The molecule has 0 aromatic rings. The Kier molecular flexibility index (Phi) is 6.32. The van der Waals surface area contributed by atoms with Gasteiger partial charge in [0.1, 0.15) is 17.7 Å². The lowest BCUT2D eigenvalue weighted by atomic mass is 9.46. The van der Waals surface area contributed by atoms with Crippen molar-refractivity contribution in [3.8, 4) is 6.07 Å². The van der Waals surface area contributed by atoms with Crippen LogP contribution in [0.25, 0.3) is 0 Å². The Morgan fingerprint density at radius 3 is 2.32 bits per heavy atom. The van der Waals surface area contributed by atoms with Crippen LogP contribution in [0.1, 0.15) is 72.6 Å². The molecule has 2 amide bonds. The summed E-state index contributed by atoms with van der Waals surface area (Å²) in [5.41, 5.74) is 0.488. The third-order valence-corrected chi connectivity index (χ3v) is 7.70. The van der Waals surface area contributed by atoms with Gasteiger partial charge in [0.25, 0.3) is 0 Å². The molecule has 4 aliphatic carbocycles. The number of hydroxylamine groups is 1. The maximum atomic E-state index is 14.0. The smallest absolute Gasteiger partial charge is 0.408 e. The molecule has 4 saturated carbocycles. The molecular formula is C24H36N4O6. The highest BCUT2D eigenvalue weighted by Gasteiger charge is 2.62. The molecule has 34 heavy (non-hydrogen) atoms. The van der Waals surface area contributed by atoms with E-state index in [2.05, 4.69) is 16.9 Å². The molecule has 5 aliphatic rings. The molecule has 5 atom stereocenters. The van der Waals surface area contributed by atoms with Gasteiger partial charge in [-0.2, -0.15) is 5.26 Å². The van der Waals surface area contributed by atoms with Gasteiger partial charge in [0.2, 0.25) is 5.91 Å². The van der Waals surface area contributed by atoms with Crippen molar-refractivity contribution < 1.29 is 29.1 Å². The first-order chi connectivity index (χ1) is 15.8. The zero-order valence-electron chi connectivity index (χ0n) is 20.4. The molecule has 5 rings (SSSR count). The third kappa shape index (κ3) is 5.01. The summed E-state index contributed by atoms with van der Waals surface area (Å²) in [6.07, 6.45) is 4.06. The first-order valence-electron chi connectivity index (χ1n) is 12.2. The summed E-state index contributed by atoms with van der Waals surface area (Å²) in [6.45, 7) is 6.71. The van der Waals surface area contributed by atoms with Crippen molar-refractivity contribution >= 4 is 18.0 Å². The standard InChI is InChI=1S/C24H36N4O6/c1-14(29)34-27-17-6-18(11-25)28(12-17)20(30)19(26-21(31)33-22(2,3)4)23-7-15-5-16(8-23)10-24(32,9-15)13-23/h15-19,27,32H,5-10,12-13H2,1-4H3,(H,26,31)/t15?,16?,17-,18-,19+,23?,24?/m0/s1. The van der Waals surface area contributed by atoms with E-state index in [0.29, 0.717) is 24.7 Å². The summed E-state index contributed by atoms with van der Waals surface area (Å²) in [7, 11) is 0. The van der Waals surface area contributed by atoms with Crippen LogP contribution < -0.4 is 10.8 Å². The highest BCUT2D eigenvalue weighted by Crippen LogP contribution is 2.63. The molecule has 1 saturated heterocycles. The minimum Gasteiger partial charge on any atom is -0.444 e. The maximum absolute atomic E-state index is 14.0. The highest BCUT2D eigenvalue weighted by atomic mass is 16.7. The van der Waals surface area contributed by atoms with Crippen molar-refractivity contribution in [1.82, 2.24) is 15.7 Å². The number of nitriles is 1. The Morgan fingerprint density at radius 1 is 1.15 bits per heavy atom. The topological polar surface area (TPSA) is 141 Å². The number of carbonyl (C=O) groups excluding carboxylic acids is 3. The second kappa shape index (κ2) is 8.68. The Hall–Kier alpha value is -2.38. The van der Waals surface area contributed by atoms with Crippen LogP contribution in [0, 0.1) is 28.6 Å². The van der Waals surface area contributed by atoms with Crippen molar-refractivity contribution in [3.05, 3.63) is 0 Å². The van der Waals surface area contributed by atoms with Crippen molar-refractivity contribution in [2.75, 3.05) is 6.54 Å². The Labute approximate surface area is 200 Å². The van der Waals surface area contributed by atoms with Crippen LogP contribution in [0.15, 0.2) is 0 Å². The van der Waals surface area contributed by atoms with Gasteiger partial charge in [-0.3, -0.25) is 9.59 Å². The quantitative estimate of drug-likeness (QED) is 0.510. The van der Waals surface area contributed by atoms with E-state index in [1.54, 1.807) is 20.8 Å². The largest absolute Gasteiger partial charge is 0.444 e. The lowest BCUT2D eigenvalue weighted by Gasteiger charge is -2.62. The van der Waals surface area contributed by atoms with Gasteiger partial charge in [-0.25, -0.2) is 4.79 Å². The van der Waals surface area contributed by atoms with E-state index in [0.717, 1.165) is 32.1 Å². The number of alkyl carbamates (subject to hydrolysis) is 1. The second-order valence-electron chi connectivity index (χ2n) is 11.9. The number of ether oxygens (including phenoxy) is 1. The minimum absolute atomic E-state index is 0.171. The molecular weight excluding hydrogens is 440 g/mol. The summed E-state index contributed by atoms with van der Waals surface area (Å²) in [5.74, 6) is -0.240. The van der Waals surface area contributed by atoms with E-state index in [9.17, 15) is 24.8 Å². The summed E-state index contributed by atoms with van der Waals surface area (Å²) in [5, 5.41) is 23.9. The molecule has 0 aromatic heterocycles. The molecule has 0 spiro atoms. The number of hydrogen-bond acceptors (Lipinski definition) is 8. The maximum Gasteiger partial charge on any atom is 0.408 e. The second-order valence-corrected chi connectivity index (χ2v) is 11.9. The first-order valence-corrected chi connectivity index (χ1v) is 12.2. The minimum atomic E-state index is -0.914. The Balaban J connectivity index is 1.61. The molecule has 0 aromatic carbocycles. The molecule has 3 N–H and O–H groups in total. The number of rotatable bonds is 5. The van der Waals surface area contributed by atoms with Crippen LogP contribution in [0.5, 0.6) is 0 Å². The average molecular weight is 477 g/mol. The number of nitrogens with zero attached hydrogens (tertiary/aromatic N) is 2. The normalized spacial score (nSPS) is 37.1. The SMILES string of the molecule is CC(=O)ON[C@H]1C[C@@H](C#N)N(C(=O)[C@@H](NC(=O)OC(C)(C)C)C23CC4CC(CC(O)(C4)C2)C3)C1. The van der Waals surface area contributed by atoms with Gasteiger partial charge in [0.15, 0.2) is 0 Å². The van der Waals surface area contributed by atoms with E-state index < -0.39 is 40.8 Å². The van der Waals surface area contributed by atoms with E-state index in [-0.39, 0.29) is 18.5 Å². The number of carbonyl (C=O) groups is 3. The zero-order chi connectivity index (χ0) is 24.9. The number of aliphatic hydroxyl groups is 1. The number of hydrogen-bond donors (Lipinski definition) is 3. The van der Waals surface area contributed by atoms with Crippen LogP contribution in [0.4, 0.5) is 4.79 Å². The number of amides is 2. The van der Waals surface area contributed by atoms with Crippen molar-refractivity contribution in [3.63, 3.8) is 0 Å². The average Bonchev–Trinajstić information content (AvgIpc) is 3.10. The first kappa shape index (κ1) is 24.7. The molecule has 0 radical (unpaired) electrons. The molecule has 4 bridgehead atoms. The summed E-state index contributed by atoms with van der Waals surface area (Å²) >= 11 is 0. The van der Waals surface area contributed by atoms with Gasteiger partial charge in [0, 0.05) is 25.3 Å². The fraction of sp³-hybridized carbons (Fsp3) is 0.833. The van der Waals surface area contributed by atoms with Gasteiger partial charge in [-0.05, 0) is 71.1 Å². The van der Waals surface area contributed by atoms with E-state index in [1.807, 2.05) is 0 Å². The fourth-order valence-electron chi connectivity index (χ4n) is 7.14. The van der Waals surface area contributed by atoms with Crippen molar-refractivity contribution in [1.29, 1.82) is 5.26 Å².